The summed E-state index contributed by atoms with van der Waals surface area (Å²) >= 11 is 0. The molecular formula is C14H18N2O5S. The second kappa shape index (κ2) is 6.43. The van der Waals surface area contributed by atoms with Gasteiger partial charge in [0.2, 0.25) is 0 Å². The normalized spacial score (nSPS) is 19.8. The van der Waals surface area contributed by atoms with E-state index in [1.54, 1.807) is 0 Å². The molecule has 0 aromatic heterocycles. The summed E-state index contributed by atoms with van der Waals surface area (Å²) in [7, 11) is -3.10. The van der Waals surface area contributed by atoms with Gasteiger partial charge in [0, 0.05) is 30.3 Å². The van der Waals surface area contributed by atoms with Crippen molar-refractivity contribution in [2.75, 3.05) is 18.1 Å². The summed E-state index contributed by atoms with van der Waals surface area (Å²) in [5.74, 6) is -0.305. The molecule has 22 heavy (non-hydrogen) atoms. The van der Waals surface area contributed by atoms with Crippen LogP contribution in [0.5, 0.6) is 0 Å². The highest BCUT2D eigenvalue weighted by Gasteiger charge is 2.34. The molecule has 0 saturated carbocycles. The standard InChI is InChI=1S/C14H18N2O5S/c1-2-7-15(13-6-8-22(20,21)10-13)14(17)11-4-3-5-12(9-11)16(18)19/h3-5,9,13H,2,6-8,10H2,1H3. The molecule has 2 rings (SSSR count). The van der Waals surface area contributed by atoms with Crippen molar-refractivity contribution >= 4 is 21.4 Å². The van der Waals surface area contributed by atoms with Gasteiger partial charge in [-0.05, 0) is 18.9 Å². The van der Waals surface area contributed by atoms with Gasteiger partial charge in [-0.1, -0.05) is 13.0 Å². The minimum absolute atomic E-state index is 0.0341. The molecule has 1 atom stereocenters. The molecular weight excluding hydrogens is 308 g/mol. The lowest BCUT2D eigenvalue weighted by molar-refractivity contribution is -0.384. The lowest BCUT2D eigenvalue weighted by atomic mass is 10.1. The number of carbonyl (C=O) groups excluding carboxylic acids is 1. The Morgan fingerprint density at radius 2 is 2.18 bits per heavy atom. The largest absolute Gasteiger partial charge is 0.335 e. The number of hydrogen-bond donors (Lipinski definition) is 0. The van der Waals surface area contributed by atoms with Crippen molar-refractivity contribution < 1.29 is 18.1 Å². The van der Waals surface area contributed by atoms with E-state index >= 15 is 0 Å². The van der Waals surface area contributed by atoms with Crippen molar-refractivity contribution in [2.24, 2.45) is 0 Å². The van der Waals surface area contributed by atoms with Crippen LogP contribution in [-0.4, -0.2) is 48.2 Å². The summed E-state index contributed by atoms with van der Waals surface area (Å²) < 4.78 is 23.2. The van der Waals surface area contributed by atoms with E-state index < -0.39 is 14.8 Å². The number of non-ortho nitro benzene ring substituents is 1. The number of nitro groups is 1. The predicted molar refractivity (Wildman–Crippen MR) is 81.5 cm³/mol. The van der Waals surface area contributed by atoms with Crippen molar-refractivity contribution in [3.8, 4) is 0 Å². The number of carbonyl (C=O) groups is 1. The number of sulfone groups is 1. The average molecular weight is 326 g/mol. The second-order valence-corrected chi connectivity index (χ2v) is 7.59. The second-order valence-electron chi connectivity index (χ2n) is 5.36. The molecule has 1 aliphatic rings. The van der Waals surface area contributed by atoms with Crippen LogP contribution in [-0.2, 0) is 9.84 Å². The Balaban J connectivity index is 2.27. The number of nitrogens with zero attached hydrogens (tertiary/aromatic N) is 2. The van der Waals surface area contributed by atoms with Gasteiger partial charge in [-0.25, -0.2) is 8.42 Å². The number of benzene rings is 1. The van der Waals surface area contributed by atoms with Crippen LogP contribution in [0.2, 0.25) is 0 Å². The molecule has 1 aliphatic heterocycles. The summed E-state index contributed by atoms with van der Waals surface area (Å²) in [6, 6.07) is 5.18. The molecule has 120 valence electrons. The zero-order chi connectivity index (χ0) is 16.3. The molecule has 1 fully saturated rings. The van der Waals surface area contributed by atoms with Crippen molar-refractivity contribution in [3.63, 3.8) is 0 Å². The summed E-state index contributed by atoms with van der Waals surface area (Å²) in [6.45, 7) is 2.33. The van der Waals surface area contributed by atoms with Crippen LogP contribution in [0, 0.1) is 10.1 Å². The van der Waals surface area contributed by atoms with Crippen LogP contribution in [0.1, 0.15) is 30.1 Å². The third kappa shape index (κ3) is 3.62. The zero-order valence-electron chi connectivity index (χ0n) is 12.3. The Labute approximate surface area is 129 Å². The summed E-state index contributed by atoms with van der Waals surface area (Å²) in [5.41, 5.74) is 0.0632. The van der Waals surface area contributed by atoms with E-state index in [9.17, 15) is 23.3 Å². The number of hydrogen-bond acceptors (Lipinski definition) is 5. The first-order valence-corrected chi connectivity index (χ1v) is 8.92. The first-order chi connectivity index (χ1) is 10.3. The lowest BCUT2D eigenvalue weighted by Gasteiger charge is -2.28. The summed E-state index contributed by atoms with van der Waals surface area (Å²) in [5, 5.41) is 10.8. The maximum atomic E-state index is 12.6. The lowest BCUT2D eigenvalue weighted by Crippen LogP contribution is -2.41. The molecule has 0 aliphatic carbocycles. The maximum Gasteiger partial charge on any atom is 0.270 e. The summed E-state index contributed by atoms with van der Waals surface area (Å²) in [4.78, 5) is 24.4. The Kier molecular flexibility index (Phi) is 4.80. The van der Waals surface area contributed by atoms with E-state index in [1.807, 2.05) is 6.92 Å². The van der Waals surface area contributed by atoms with Crippen molar-refractivity contribution in [3.05, 3.63) is 39.9 Å². The van der Waals surface area contributed by atoms with Gasteiger partial charge in [0.15, 0.2) is 9.84 Å². The fraction of sp³-hybridized carbons (Fsp3) is 0.500. The highest BCUT2D eigenvalue weighted by molar-refractivity contribution is 7.91. The third-order valence-corrected chi connectivity index (χ3v) is 5.43. The molecule has 1 unspecified atom stereocenters. The van der Waals surface area contributed by atoms with Gasteiger partial charge in [0.1, 0.15) is 0 Å². The number of nitro benzene ring substituents is 1. The van der Waals surface area contributed by atoms with Gasteiger partial charge >= 0.3 is 0 Å². The van der Waals surface area contributed by atoms with E-state index in [-0.39, 0.29) is 34.7 Å². The summed E-state index contributed by atoms with van der Waals surface area (Å²) in [6.07, 6.45) is 1.11. The van der Waals surface area contributed by atoms with E-state index in [0.29, 0.717) is 19.4 Å². The highest BCUT2D eigenvalue weighted by Crippen LogP contribution is 2.22. The van der Waals surface area contributed by atoms with Gasteiger partial charge in [0.25, 0.3) is 11.6 Å². The van der Waals surface area contributed by atoms with Crippen LogP contribution >= 0.6 is 0 Å². The third-order valence-electron chi connectivity index (χ3n) is 3.68. The van der Waals surface area contributed by atoms with E-state index in [2.05, 4.69) is 0 Å². The number of rotatable bonds is 5. The van der Waals surface area contributed by atoms with Gasteiger partial charge in [-0.15, -0.1) is 0 Å². The first-order valence-electron chi connectivity index (χ1n) is 7.10. The van der Waals surface area contributed by atoms with Gasteiger partial charge < -0.3 is 4.90 Å². The van der Waals surface area contributed by atoms with Crippen LogP contribution < -0.4 is 0 Å². The fourth-order valence-electron chi connectivity index (χ4n) is 2.63. The minimum Gasteiger partial charge on any atom is -0.335 e. The SMILES string of the molecule is CCCN(C(=O)c1cccc([N+](=O)[O-])c1)C1CCS(=O)(=O)C1. The molecule has 0 N–H and O–H groups in total. The van der Waals surface area contributed by atoms with Gasteiger partial charge in [-0.2, -0.15) is 0 Å². The Morgan fingerprint density at radius 3 is 2.73 bits per heavy atom. The topological polar surface area (TPSA) is 97.6 Å². The zero-order valence-corrected chi connectivity index (χ0v) is 13.1. The predicted octanol–water partition coefficient (Wildman–Crippen LogP) is 1.63. The first kappa shape index (κ1) is 16.4. The van der Waals surface area contributed by atoms with Crippen LogP contribution in [0.15, 0.2) is 24.3 Å². The Morgan fingerprint density at radius 1 is 1.45 bits per heavy atom. The molecule has 0 bridgehead atoms. The monoisotopic (exact) mass is 326 g/mol. The smallest absolute Gasteiger partial charge is 0.270 e. The Hall–Kier alpha value is -1.96. The molecule has 8 heteroatoms. The van der Waals surface area contributed by atoms with Crippen LogP contribution in [0.4, 0.5) is 5.69 Å². The van der Waals surface area contributed by atoms with Gasteiger partial charge in [-0.3, -0.25) is 14.9 Å². The Bertz CT molecular complexity index is 686. The molecule has 1 aromatic carbocycles. The molecule has 1 amide bonds. The molecule has 0 radical (unpaired) electrons. The van der Waals surface area contributed by atoms with E-state index in [0.717, 1.165) is 0 Å². The molecule has 1 heterocycles. The van der Waals surface area contributed by atoms with Crippen LogP contribution in [0.25, 0.3) is 0 Å². The van der Waals surface area contributed by atoms with E-state index in [4.69, 9.17) is 0 Å². The molecule has 1 aromatic rings. The fourth-order valence-corrected chi connectivity index (χ4v) is 4.36. The maximum absolute atomic E-state index is 12.6. The van der Waals surface area contributed by atoms with Crippen molar-refractivity contribution in [1.82, 2.24) is 4.90 Å². The molecule has 7 nitrogen and oxygen atoms in total. The number of amides is 1. The van der Waals surface area contributed by atoms with Crippen molar-refractivity contribution in [1.29, 1.82) is 0 Å². The van der Waals surface area contributed by atoms with Gasteiger partial charge in [0.05, 0.1) is 16.4 Å². The quantitative estimate of drug-likeness (QED) is 0.605. The van der Waals surface area contributed by atoms with E-state index in [1.165, 1.54) is 29.2 Å². The molecule has 1 saturated heterocycles. The molecule has 0 spiro atoms. The highest BCUT2D eigenvalue weighted by atomic mass is 32.2. The van der Waals surface area contributed by atoms with Crippen LogP contribution in [0.3, 0.4) is 0 Å². The average Bonchev–Trinajstić information content (AvgIpc) is 2.84. The minimum atomic E-state index is -3.10. The van der Waals surface area contributed by atoms with Crippen molar-refractivity contribution in [2.45, 2.75) is 25.8 Å².